The quantitative estimate of drug-likeness (QED) is 0.397. The van der Waals surface area contributed by atoms with Crippen LogP contribution < -0.4 is 0 Å². The van der Waals surface area contributed by atoms with Gasteiger partial charge in [0.2, 0.25) is 0 Å². The van der Waals surface area contributed by atoms with E-state index in [2.05, 4.69) is 35.5 Å². The minimum Gasteiger partial charge on any atom is -0.339 e. The number of benzene rings is 1. The van der Waals surface area contributed by atoms with Crippen molar-refractivity contribution in [3.63, 3.8) is 0 Å². The summed E-state index contributed by atoms with van der Waals surface area (Å²) < 4.78 is 2.99. The molecule has 1 aliphatic heterocycles. The maximum Gasteiger partial charge on any atom is 0.255 e. The molecule has 3 aromatic heterocycles. The van der Waals surface area contributed by atoms with Gasteiger partial charge in [0, 0.05) is 40.8 Å². The highest BCUT2D eigenvalue weighted by Gasteiger charge is 2.28. The third-order valence-corrected chi connectivity index (χ3v) is 7.02. The Morgan fingerprint density at radius 3 is 2.61 bits per heavy atom. The second-order valence-corrected chi connectivity index (χ2v) is 9.44. The zero-order valence-corrected chi connectivity index (χ0v) is 19.1. The first-order chi connectivity index (χ1) is 15.2. The largest absolute Gasteiger partial charge is 0.339 e. The molecule has 1 amide bonds. The lowest BCUT2D eigenvalue weighted by molar-refractivity contribution is 0.0707. The molecule has 1 saturated heterocycles. The first kappa shape index (κ1) is 20.2. The Bertz CT molecular complexity index is 1220. The number of aromatic nitrogens is 4. The number of hydrogen-bond acceptors (Lipinski definition) is 5. The average Bonchev–Trinajstić information content (AvgIpc) is 3.25. The van der Waals surface area contributed by atoms with Gasteiger partial charge in [-0.05, 0) is 65.2 Å². The van der Waals surface area contributed by atoms with Crippen LogP contribution in [0.25, 0.3) is 5.65 Å². The zero-order chi connectivity index (χ0) is 21.2. The van der Waals surface area contributed by atoms with Crippen LogP contribution in [0.2, 0.25) is 0 Å². The van der Waals surface area contributed by atoms with Gasteiger partial charge in [0.05, 0.1) is 5.56 Å². The molecule has 1 aromatic carbocycles. The number of likely N-dealkylation sites (tertiary alicyclic amines) is 1. The molecular weight excluding hydrogens is 474 g/mol. The van der Waals surface area contributed by atoms with Gasteiger partial charge in [0.25, 0.3) is 5.91 Å². The number of halogens is 1. The predicted octanol–water partition coefficient (Wildman–Crippen LogP) is 5.06. The van der Waals surface area contributed by atoms with Gasteiger partial charge in [-0.25, -0.2) is 4.98 Å². The Kier molecular flexibility index (Phi) is 5.74. The van der Waals surface area contributed by atoms with E-state index in [9.17, 15) is 4.79 Å². The number of pyridine rings is 2. The molecule has 0 atom stereocenters. The van der Waals surface area contributed by atoms with E-state index in [0.29, 0.717) is 19.0 Å². The van der Waals surface area contributed by atoms with Crippen LogP contribution >= 0.6 is 27.7 Å². The first-order valence-electron chi connectivity index (χ1n) is 10.2. The fourth-order valence-corrected chi connectivity index (χ4v) is 5.03. The van der Waals surface area contributed by atoms with Gasteiger partial charge >= 0.3 is 0 Å². The second-order valence-electron chi connectivity index (χ2n) is 7.47. The van der Waals surface area contributed by atoms with Gasteiger partial charge in [-0.2, -0.15) is 0 Å². The van der Waals surface area contributed by atoms with Gasteiger partial charge in [-0.15, -0.1) is 10.2 Å². The molecule has 4 aromatic rings. The standard InChI is InChI=1S/C23H20BrN5OS/c24-17-8-9-21(25-15-17)31-19-6-2-1-5-18(19)23(30)28-13-10-16(11-14-28)22-27-26-20-7-3-4-12-29(20)22/h1-9,12,15-16H,10-11,13-14H2. The number of carbonyl (C=O) groups is 1. The molecule has 8 heteroatoms. The zero-order valence-electron chi connectivity index (χ0n) is 16.7. The molecule has 0 unspecified atom stereocenters. The Hall–Kier alpha value is -2.71. The second kappa shape index (κ2) is 8.80. The summed E-state index contributed by atoms with van der Waals surface area (Å²) in [4.78, 5) is 20.6. The van der Waals surface area contributed by atoms with Gasteiger partial charge in [0.15, 0.2) is 5.65 Å². The molecule has 4 heterocycles. The lowest BCUT2D eigenvalue weighted by Crippen LogP contribution is -2.38. The van der Waals surface area contributed by atoms with Crippen molar-refractivity contribution in [1.29, 1.82) is 0 Å². The van der Waals surface area contributed by atoms with Crippen molar-refractivity contribution >= 4 is 39.2 Å². The maximum atomic E-state index is 13.3. The lowest BCUT2D eigenvalue weighted by Gasteiger charge is -2.31. The summed E-state index contributed by atoms with van der Waals surface area (Å²) in [6, 6.07) is 17.6. The molecule has 5 rings (SSSR count). The van der Waals surface area contributed by atoms with E-state index in [1.807, 2.05) is 65.7 Å². The number of piperidine rings is 1. The van der Waals surface area contributed by atoms with E-state index < -0.39 is 0 Å². The van der Waals surface area contributed by atoms with Crippen LogP contribution in [0, 0.1) is 0 Å². The van der Waals surface area contributed by atoms with Crippen LogP contribution in [-0.4, -0.2) is 43.5 Å². The highest BCUT2D eigenvalue weighted by Crippen LogP contribution is 2.32. The minimum atomic E-state index is 0.0739. The average molecular weight is 494 g/mol. The molecule has 0 N–H and O–H groups in total. The fraction of sp³-hybridized carbons (Fsp3) is 0.217. The summed E-state index contributed by atoms with van der Waals surface area (Å²) in [5.74, 6) is 1.36. The van der Waals surface area contributed by atoms with E-state index in [1.165, 1.54) is 11.8 Å². The van der Waals surface area contributed by atoms with Crippen molar-refractivity contribution < 1.29 is 4.79 Å². The van der Waals surface area contributed by atoms with Gasteiger partial charge in [0.1, 0.15) is 10.9 Å². The van der Waals surface area contributed by atoms with Gasteiger partial charge in [-0.3, -0.25) is 9.20 Å². The van der Waals surface area contributed by atoms with Crippen LogP contribution in [0.5, 0.6) is 0 Å². The Balaban J connectivity index is 1.30. The molecule has 0 saturated carbocycles. The normalized spacial score (nSPS) is 14.8. The molecule has 156 valence electrons. The molecule has 0 aliphatic carbocycles. The third-order valence-electron chi connectivity index (χ3n) is 5.52. The topological polar surface area (TPSA) is 63.4 Å². The highest BCUT2D eigenvalue weighted by atomic mass is 79.9. The van der Waals surface area contributed by atoms with Crippen LogP contribution in [0.4, 0.5) is 0 Å². The number of fused-ring (bicyclic) bond motifs is 1. The SMILES string of the molecule is O=C(c1ccccc1Sc1ccc(Br)cn1)N1CCC(c2nnc3ccccn23)CC1. The molecule has 6 nitrogen and oxygen atoms in total. The number of nitrogens with zero attached hydrogens (tertiary/aromatic N) is 5. The minimum absolute atomic E-state index is 0.0739. The van der Waals surface area contributed by atoms with Gasteiger partial charge in [-0.1, -0.05) is 30.0 Å². The van der Waals surface area contributed by atoms with Crippen molar-refractivity contribution in [3.05, 3.63) is 82.9 Å². The number of hydrogen-bond donors (Lipinski definition) is 0. The van der Waals surface area contributed by atoms with E-state index in [-0.39, 0.29) is 5.91 Å². The van der Waals surface area contributed by atoms with Crippen LogP contribution in [0.15, 0.2) is 81.4 Å². The first-order valence-corrected chi connectivity index (χ1v) is 11.8. The van der Waals surface area contributed by atoms with E-state index in [1.54, 1.807) is 6.20 Å². The van der Waals surface area contributed by atoms with Crippen LogP contribution in [0.1, 0.15) is 34.9 Å². The smallest absolute Gasteiger partial charge is 0.255 e. The van der Waals surface area contributed by atoms with Crippen LogP contribution in [0.3, 0.4) is 0 Å². The molecule has 0 radical (unpaired) electrons. The number of amides is 1. The Morgan fingerprint density at radius 2 is 1.81 bits per heavy atom. The Morgan fingerprint density at radius 1 is 1.00 bits per heavy atom. The highest BCUT2D eigenvalue weighted by molar-refractivity contribution is 9.10. The van der Waals surface area contributed by atoms with E-state index in [4.69, 9.17) is 0 Å². The summed E-state index contributed by atoms with van der Waals surface area (Å²) in [6.07, 6.45) is 5.54. The number of rotatable bonds is 4. The summed E-state index contributed by atoms with van der Waals surface area (Å²) in [6.45, 7) is 1.42. The van der Waals surface area contributed by atoms with Gasteiger partial charge < -0.3 is 4.90 Å². The molecule has 1 fully saturated rings. The molecule has 31 heavy (non-hydrogen) atoms. The van der Waals surface area contributed by atoms with Crippen molar-refractivity contribution in [1.82, 2.24) is 24.5 Å². The van der Waals surface area contributed by atoms with E-state index >= 15 is 0 Å². The van der Waals surface area contributed by atoms with E-state index in [0.717, 1.165) is 44.3 Å². The predicted molar refractivity (Wildman–Crippen MR) is 123 cm³/mol. The molecule has 0 bridgehead atoms. The molecular formula is C23H20BrN5OS. The molecule has 1 aliphatic rings. The summed E-state index contributed by atoms with van der Waals surface area (Å²) >= 11 is 4.92. The molecule has 0 spiro atoms. The van der Waals surface area contributed by atoms with Crippen molar-refractivity contribution in [2.75, 3.05) is 13.1 Å². The lowest BCUT2D eigenvalue weighted by atomic mass is 9.95. The van der Waals surface area contributed by atoms with Crippen molar-refractivity contribution in [2.45, 2.75) is 28.7 Å². The monoisotopic (exact) mass is 493 g/mol. The van der Waals surface area contributed by atoms with Crippen molar-refractivity contribution in [2.24, 2.45) is 0 Å². The fourth-order valence-electron chi connectivity index (χ4n) is 3.92. The summed E-state index contributed by atoms with van der Waals surface area (Å²) in [5.41, 5.74) is 1.59. The van der Waals surface area contributed by atoms with Crippen molar-refractivity contribution in [3.8, 4) is 0 Å². The summed E-state index contributed by atoms with van der Waals surface area (Å²) in [7, 11) is 0. The summed E-state index contributed by atoms with van der Waals surface area (Å²) in [5, 5.41) is 9.55. The number of carbonyl (C=O) groups excluding carboxylic acids is 1. The Labute approximate surface area is 192 Å². The maximum absolute atomic E-state index is 13.3. The third kappa shape index (κ3) is 4.22. The van der Waals surface area contributed by atoms with Crippen LogP contribution in [-0.2, 0) is 0 Å².